The summed E-state index contributed by atoms with van der Waals surface area (Å²) >= 11 is 13.5. The van der Waals surface area contributed by atoms with Gasteiger partial charge >= 0.3 is 5.69 Å². The Bertz CT molecular complexity index is 652. The highest BCUT2D eigenvalue weighted by molar-refractivity contribution is 7.98. The van der Waals surface area contributed by atoms with E-state index >= 15 is 0 Å². The van der Waals surface area contributed by atoms with Crippen LogP contribution >= 0.6 is 35.0 Å². The summed E-state index contributed by atoms with van der Waals surface area (Å²) in [4.78, 5) is 14.6. The van der Waals surface area contributed by atoms with E-state index in [0.29, 0.717) is 27.8 Å². The zero-order chi connectivity index (χ0) is 14.0. The number of halogens is 2. The van der Waals surface area contributed by atoms with Crippen molar-refractivity contribution in [3.05, 3.63) is 44.4 Å². The predicted octanol–water partition coefficient (Wildman–Crippen LogP) is 3.08. The lowest BCUT2D eigenvalue weighted by Crippen LogP contribution is -2.14. The molecule has 0 aliphatic carbocycles. The minimum atomic E-state index is -0.419. The topological polar surface area (TPSA) is 58.0 Å². The molecular weight excluding hydrogens is 307 g/mol. The van der Waals surface area contributed by atoms with Crippen LogP contribution in [0.3, 0.4) is 0 Å². The molecule has 0 fully saturated rings. The molecule has 0 unspecified atom stereocenters. The Hall–Kier alpha value is -1.04. The highest BCUT2D eigenvalue weighted by Crippen LogP contribution is 2.27. The van der Waals surface area contributed by atoms with Crippen molar-refractivity contribution in [2.75, 3.05) is 12.0 Å². The van der Waals surface area contributed by atoms with Crippen LogP contribution in [0.5, 0.6) is 5.88 Å². The van der Waals surface area contributed by atoms with Crippen LogP contribution in [0.1, 0.15) is 5.69 Å². The Kier molecular flexibility index (Phi) is 4.50. The first-order valence-electron chi connectivity index (χ1n) is 5.52. The average molecular weight is 319 g/mol. The summed E-state index contributed by atoms with van der Waals surface area (Å²) in [5, 5.41) is 10.9. The van der Waals surface area contributed by atoms with Crippen LogP contribution in [0.25, 0.3) is 5.69 Å². The van der Waals surface area contributed by atoms with Gasteiger partial charge in [-0.1, -0.05) is 23.2 Å². The minimum absolute atomic E-state index is 0.108. The van der Waals surface area contributed by atoms with Gasteiger partial charge in [0.15, 0.2) is 0 Å². The molecule has 2 N–H and O–H groups in total. The van der Waals surface area contributed by atoms with Crippen molar-refractivity contribution < 1.29 is 5.11 Å². The number of imidazole rings is 1. The van der Waals surface area contributed by atoms with Crippen LogP contribution < -0.4 is 5.69 Å². The molecule has 0 amide bonds. The number of thioether (sulfide) groups is 1. The fraction of sp³-hybridized carbons (Fsp3) is 0.250. The molecule has 0 atom stereocenters. The van der Waals surface area contributed by atoms with E-state index in [4.69, 9.17) is 23.2 Å². The molecule has 1 heterocycles. The molecule has 7 heteroatoms. The van der Waals surface area contributed by atoms with Crippen molar-refractivity contribution in [1.82, 2.24) is 9.55 Å². The van der Waals surface area contributed by atoms with E-state index in [2.05, 4.69) is 4.98 Å². The number of aromatic hydroxyl groups is 1. The molecule has 4 nitrogen and oxygen atoms in total. The molecule has 0 saturated heterocycles. The van der Waals surface area contributed by atoms with Crippen molar-refractivity contribution in [2.24, 2.45) is 0 Å². The summed E-state index contributed by atoms with van der Waals surface area (Å²) in [5.41, 5.74) is 0.489. The summed E-state index contributed by atoms with van der Waals surface area (Å²) < 4.78 is 1.15. The highest BCUT2D eigenvalue weighted by Gasteiger charge is 2.16. The van der Waals surface area contributed by atoms with Gasteiger partial charge in [-0.15, -0.1) is 0 Å². The number of aromatic amines is 1. The Labute approximate surface area is 124 Å². The lowest BCUT2D eigenvalue weighted by Gasteiger charge is -2.06. The molecule has 2 rings (SSSR count). The number of rotatable bonds is 4. The number of hydrogen-bond acceptors (Lipinski definition) is 3. The van der Waals surface area contributed by atoms with Crippen LogP contribution in [0.15, 0.2) is 23.0 Å². The molecule has 0 aliphatic heterocycles. The number of hydrogen-bond donors (Lipinski definition) is 2. The second kappa shape index (κ2) is 5.94. The van der Waals surface area contributed by atoms with Gasteiger partial charge in [-0.2, -0.15) is 11.8 Å². The smallest absolute Gasteiger partial charge is 0.333 e. The average Bonchev–Trinajstić information content (AvgIpc) is 2.63. The Morgan fingerprint density at radius 3 is 2.79 bits per heavy atom. The van der Waals surface area contributed by atoms with Gasteiger partial charge in [0.2, 0.25) is 5.88 Å². The second-order valence-electron chi connectivity index (χ2n) is 3.91. The van der Waals surface area contributed by atoms with E-state index in [-0.39, 0.29) is 5.88 Å². The van der Waals surface area contributed by atoms with Gasteiger partial charge in [0.25, 0.3) is 0 Å². The van der Waals surface area contributed by atoms with Crippen LogP contribution in [0, 0.1) is 0 Å². The first-order valence-corrected chi connectivity index (χ1v) is 7.66. The lowest BCUT2D eigenvalue weighted by atomic mass is 10.3. The quantitative estimate of drug-likeness (QED) is 0.910. The van der Waals surface area contributed by atoms with Crippen LogP contribution in [0.4, 0.5) is 0 Å². The zero-order valence-electron chi connectivity index (χ0n) is 10.1. The summed E-state index contributed by atoms with van der Waals surface area (Å²) in [6.07, 6.45) is 2.54. The van der Waals surface area contributed by atoms with Crippen molar-refractivity contribution in [2.45, 2.75) is 6.42 Å². The molecule has 1 aromatic heterocycles. The lowest BCUT2D eigenvalue weighted by molar-refractivity contribution is 0.435. The maximum absolute atomic E-state index is 11.9. The summed E-state index contributed by atoms with van der Waals surface area (Å²) in [6.45, 7) is 0. The normalized spacial score (nSPS) is 10.9. The largest absolute Gasteiger partial charge is 0.493 e. The van der Waals surface area contributed by atoms with Crippen molar-refractivity contribution in [3.63, 3.8) is 0 Å². The molecule has 19 heavy (non-hydrogen) atoms. The number of nitrogens with zero attached hydrogens (tertiary/aromatic N) is 1. The molecule has 1 aromatic carbocycles. The van der Waals surface area contributed by atoms with Crippen molar-refractivity contribution in [1.29, 1.82) is 0 Å². The van der Waals surface area contributed by atoms with Gasteiger partial charge in [0, 0.05) is 11.4 Å². The van der Waals surface area contributed by atoms with Gasteiger partial charge in [-0.25, -0.2) is 9.36 Å². The Morgan fingerprint density at radius 1 is 1.42 bits per heavy atom. The molecule has 0 bridgehead atoms. The SMILES string of the molecule is CSCCc1[nH]c(=O)n(-c2ccc(Cl)cc2Cl)c1O. The molecule has 0 saturated carbocycles. The van der Waals surface area contributed by atoms with E-state index in [1.165, 1.54) is 6.07 Å². The van der Waals surface area contributed by atoms with Gasteiger partial charge in [-0.05, 0) is 30.2 Å². The predicted molar refractivity (Wildman–Crippen MR) is 80.2 cm³/mol. The van der Waals surface area contributed by atoms with E-state index < -0.39 is 5.69 Å². The van der Waals surface area contributed by atoms with Crippen LogP contribution in [-0.4, -0.2) is 26.7 Å². The number of H-pyrrole nitrogens is 1. The summed E-state index contributed by atoms with van der Waals surface area (Å²) in [6, 6.07) is 4.74. The van der Waals surface area contributed by atoms with E-state index in [9.17, 15) is 9.90 Å². The Balaban J connectivity index is 2.50. The fourth-order valence-electron chi connectivity index (χ4n) is 1.74. The summed E-state index contributed by atoms with van der Waals surface area (Å²) in [7, 11) is 0. The van der Waals surface area contributed by atoms with E-state index in [0.717, 1.165) is 10.3 Å². The third-order valence-corrected chi connectivity index (χ3v) is 3.80. The summed E-state index contributed by atoms with van der Waals surface area (Å²) in [5.74, 6) is 0.699. The number of benzene rings is 1. The number of nitrogens with one attached hydrogen (secondary N) is 1. The first-order chi connectivity index (χ1) is 9.04. The van der Waals surface area contributed by atoms with Crippen LogP contribution in [-0.2, 0) is 6.42 Å². The zero-order valence-corrected chi connectivity index (χ0v) is 12.4. The minimum Gasteiger partial charge on any atom is -0.493 e. The molecule has 0 spiro atoms. The fourth-order valence-corrected chi connectivity index (χ4v) is 2.64. The third kappa shape index (κ3) is 2.94. The molecule has 0 radical (unpaired) electrons. The molecule has 2 aromatic rings. The highest BCUT2D eigenvalue weighted by atomic mass is 35.5. The van der Waals surface area contributed by atoms with Crippen molar-refractivity contribution in [3.8, 4) is 11.6 Å². The van der Waals surface area contributed by atoms with Gasteiger partial charge in [0.05, 0.1) is 16.4 Å². The van der Waals surface area contributed by atoms with Gasteiger partial charge in [0.1, 0.15) is 0 Å². The third-order valence-electron chi connectivity index (χ3n) is 2.65. The van der Waals surface area contributed by atoms with Gasteiger partial charge < -0.3 is 10.1 Å². The molecule has 0 aliphatic rings. The molecule has 102 valence electrons. The number of aromatic nitrogens is 2. The van der Waals surface area contributed by atoms with E-state index in [1.54, 1.807) is 23.9 Å². The molecular formula is C12H12Cl2N2O2S. The maximum atomic E-state index is 11.9. The standard InChI is InChI=1S/C12H12Cl2N2O2S/c1-19-5-4-9-11(17)16(12(18)15-9)10-3-2-7(13)6-8(10)14/h2-3,6,17H,4-5H2,1H3,(H,15,18). The first kappa shape index (κ1) is 14.4. The van der Waals surface area contributed by atoms with Gasteiger partial charge in [-0.3, -0.25) is 0 Å². The monoisotopic (exact) mass is 318 g/mol. The second-order valence-corrected chi connectivity index (χ2v) is 5.74. The van der Waals surface area contributed by atoms with Crippen LogP contribution in [0.2, 0.25) is 10.0 Å². The maximum Gasteiger partial charge on any atom is 0.333 e. The van der Waals surface area contributed by atoms with E-state index in [1.807, 2.05) is 6.26 Å². The number of aryl methyl sites for hydroxylation is 1. The Morgan fingerprint density at radius 2 is 2.16 bits per heavy atom. The van der Waals surface area contributed by atoms with Crippen molar-refractivity contribution >= 4 is 35.0 Å².